The molecule has 3 N–H and O–H groups in total. The van der Waals surface area contributed by atoms with Gasteiger partial charge in [-0.05, 0) is 33.6 Å². The minimum Gasteiger partial charge on any atom is -0.444 e. The summed E-state index contributed by atoms with van der Waals surface area (Å²) in [4.78, 5) is 15.9. The molecular weight excluding hydrogens is 299 g/mol. The number of hydrogen-bond donors (Lipinski definition) is 3. The van der Waals surface area contributed by atoms with Gasteiger partial charge >= 0.3 is 6.09 Å². The number of guanidine groups is 1. The summed E-state index contributed by atoms with van der Waals surface area (Å²) in [5.74, 6) is 0.616. The van der Waals surface area contributed by atoms with Crippen LogP contribution in [0.5, 0.6) is 0 Å². The largest absolute Gasteiger partial charge is 0.444 e. The second-order valence-electron chi connectivity index (χ2n) is 6.41. The molecular formula is C16H33FN4O2. The Kier molecular flexibility index (Phi) is 11.2. The molecule has 0 spiro atoms. The molecule has 0 bridgehead atoms. The molecule has 0 aromatic rings. The third-order valence-corrected chi connectivity index (χ3v) is 2.97. The van der Waals surface area contributed by atoms with Crippen LogP contribution >= 0.6 is 0 Å². The van der Waals surface area contributed by atoms with Gasteiger partial charge in [-0.1, -0.05) is 19.8 Å². The number of aliphatic imine (C=N–C) groups is 1. The molecule has 0 heterocycles. The van der Waals surface area contributed by atoms with Gasteiger partial charge in [0.05, 0.1) is 6.67 Å². The third-order valence-electron chi connectivity index (χ3n) is 2.97. The van der Waals surface area contributed by atoms with E-state index in [1.165, 1.54) is 0 Å². The van der Waals surface area contributed by atoms with Crippen molar-refractivity contribution in [3.8, 4) is 0 Å². The van der Waals surface area contributed by atoms with Crippen molar-refractivity contribution in [1.29, 1.82) is 0 Å². The van der Waals surface area contributed by atoms with Gasteiger partial charge in [-0.2, -0.15) is 0 Å². The number of amides is 1. The van der Waals surface area contributed by atoms with E-state index in [1.54, 1.807) is 7.05 Å². The van der Waals surface area contributed by atoms with Crippen LogP contribution in [0, 0.1) is 0 Å². The number of carbonyl (C=O) groups is 1. The van der Waals surface area contributed by atoms with Gasteiger partial charge < -0.3 is 20.7 Å². The maximum Gasteiger partial charge on any atom is 0.407 e. The Hall–Kier alpha value is -1.53. The lowest BCUT2D eigenvalue weighted by atomic mass is 10.1. The van der Waals surface area contributed by atoms with E-state index in [1.807, 2.05) is 20.8 Å². The Labute approximate surface area is 139 Å². The molecule has 1 unspecified atom stereocenters. The average molecular weight is 332 g/mol. The van der Waals surface area contributed by atoms with Gasteiger partial charge in [0, 0.05) is 26.2 Å². The van der Waals surface area contributed by atoms with Gasteiger partial charge in [0.15, 0.2) is 5.96 Å². The average Bonchev–Trinajstić information content (AvgIpc) is 2.46. The molecule has 23 heavy (non-hydrogen) atoms. The Morgan fingerprint density at radius 3 is 2.48 bits per heavy atom. The van der Waals surface area contributed by atoms with Crippen LogP contribution in [0.3, 0.4) is 0 Å². The van der Waals surface area contributed by atoms with E-state index in [0.29, 0.717) is 25.5 Å². The zero-order valence-corrected chi connectivity index (χ0v) is 15.2. The fourth-order valence-electron chi connectivity index (χ4n) is 1.86. The molecule has 0 fully saturated rings. The zero-order valence-electron chi connectivity index (χ0n) is 15.2. The maximum absolute atomic E-state index is 12.2. The van der Waals surface area contributed by atoms with Gasteiger partial charge in [0.1, 0.15) is 5.60 Å². The Bertz CT molecular complexity index is 356. The minimum atomic E-state index is -0.514. The minimum absolute atomic E-state index is 0.0408. The molecule has 0 rings (SSSR count). The predicted octanol–water partition coefficient (Wildman–Crippen LogP) is 2.59. The quantitative estimate of drug-likeness (QED) is 0.345. The molecule has 6 nitrogen and oxygen atoms in total. The highest BCUT2D eigenvalue weighted by atomic mass is 19.1. The Balaban J connectivity index is 4.41. The Morgan fingerprint density at radius 2 is 1.96 bits per heavy atom. The highest BCUT2D eigenvalue weighted by molar-refractivity contribution is 5.80. The third kappa shape index (κ3) is 12.7. The van der Waals surface area contributed by atoms with Crippen molar-refractivity contribution in [2.75, 3.05) is 26.8 Å². The number of alkyl carbamates (subject to hydrolysis) is 1. The molecule has 0 aliphatic heterocycles. The van der Waals surface area contributed by atoms with Crippen LogP contribution in [0.25, 0.3) is 0 Å². The number of nitrogens with one attached hydrogen (secondary N) is 3. The molecule has 7 heteroatoms. The van der Waals surface area contributed by atoms with Gasteiger partial charge in [0.2, 0.25) is 0 Å². The van der Waals surface area contributed by atoms with E-state index in [9.17, 15) is 9.18 Å². The van der Waals surface area contributed by atoms with Crippen LogP contribution < -0.4 is 16.0 Å². The lowest BCUT2D eigenvalue weighted by Crippen LogP contribution is -2.49. The van der Waals surface area contributed by atoms with E-state index in [0.717, 1.165) is 19.3 Å². The fraction of sp³-hybridized carbons (Fsp3) is 0.875. The van der Waals surface area contributed by atoms with Crippen LogP contribution in [-0.4, -0.2) is 50.5 Å². The van der Waals surface area contributed by atoms with Crippen molar-refractivity contribution in [1.82, 2.24) is 16.0 Å². The number of nitrogens with zero attached hydrogens (tertiary/aromatic N) is 1. The highest BCUT2D eigenvalue weighted by Gasteiger charge is 2.17. The summed E-state index contributed by atoms with van der Waals surface area (Å²) in [6, 6.07) is 0.0408. The van der Waals surface area contributed by atoms with Crippen LogP contribution in [0.15, 0.2) is 4.99 Å². The number of ether oxygens (including phenoxy) is 1. The van der Waals surface area contributed by atoms with Crippen LogP contribution in [0.4, 0.5) is 9.18 Å². The van der Waals surface area contributed by atoms with Crippen molar-refractivity contribution in [3.63, 3.8) is 0 Å². The van der Waals surface area contributed by atoms with E-state index in [2.05, 4.69) is 27.9 Å². The Morgan fingerprint density at radius 1 is 1.26 bits per heavy atom. The molecule has 0 aromatic heterocycles. The standard InChI is InChI=1S/C16H33FN4O2/c1-6-7-9-13(12-20-15(22)23-16(2,3)4)21-14(18-5)19-11-8-10-17/h13H,6-12H2,1-5H3,(H,20,22)(H2,18,19,21). The van der Waals surface area contributed by atoms with Gasteiger partial charge in [-0.15, -0.1) is 0 Å². The van der Waals surface area contributed by atoms with Crippen LogP contribution in [-0.2, 0) is 4.74 Å². The maximum atomic E-state index is 12.2. The van der Waals surface area contributed by atoms with E-state index < -0.39 is 11.7 Å². The molecule has 1 amide bonds. The predicted molar refractivity (Wildman–Crippen MR) is 92.6 cm³/mol. The lowest BCUT2D eigenvalue weighted by Gasteiger charge is -2.24. The number of rotatable bonds is 9. The van der Waals surface area contributed by atoms with Gasteiger partial charge in [0.25, 0.3) is 0 Å². The molecule has 136 valence electrons. The van der Waals surface area contributed by atoms with Crippen molar-refractivity contribution in [2.45, 2.75) is 65.0 Å². The SMILES string of the molecule is CCCCC(CNC(=O)OC(C)(C)C)NC(=NC)NCCCF. The second kappa shape index (κ2) is 12.0. The number of unbranched alkanes of at least 4 members (excludes halogenated alkanes) is 1. The normalized spacial score (nSPS) is 13.4. The van der Waals surface area contributed by atoms with Gasteiger partial charge in [-0.25, -0.2) is 4.79 Å². The molecule has 1 atom stereocenters. The van der Waals surface area contributed by atoms with Crippen LogP contribution in [0.1, 0.15) is 53.4 Å². The van der Waals surface area contributed by atoms with Crippen molar-refractivity contribution >= 4 is 12.1 Å². The zero-order chi connectivity index (χ0) is 17.7. The first-order chi connectivity index (χ1) is 10.8. The van der Waals surface area contributed by atoms with E-state index >= 15 is 0 Å². The topological polar surface area (TPSA) is 74.8 Å². The number of alkyl halides is 1. The fourth-order valence-corrected chi connectivity index (χ4v) is 1.86. The summed E-state index contributed by atoms with van der Waals surface area (Å²) in [5, 5.41) is 9.10. The summed E-state index contributed by atoms with van der Waals surface area (Å²) >= 11 is 0. The lowest BCUT2D eigenvalue weighted by molar-refractivity contribution is 0.0523. The number of hydrogen-bond acceptors (Lipinski definition) is 3. The summed E-state index contributed by atoms with van der Waals surface area (Å²) in [5.41, 5.74) is -0.514. The summed E-state index contributed by atoms with van der Waals surface area (Å²) < 4.78 is 17.4. The summed E-state index contributed by atoms with van der Waals surface area (Å²) in [6.07, 6.45) is 3.02. The number of halogens is 1. The second-order valence-corrected chi connectivity index (χ2v) is 6.41. The highest BCUT2D eigenvalue weighted by Crippen LogP contribution is 2.06. The van der Waals surface area contributed by atoms with Crippen molar-refractivity contribution < 1.29 is 13.9 Å². The monoisotopic (exact) mass is 332 g/mol. The molecule has 0 aromatic carbocycles. The molecule has 0 aliphatic carbocycles. The first-order valence-corrected chi connectivity index (χ1v) is 8.32. The first kappa shape index (κ1) is 21.5. The molecule has 0 aliphatic rings. The number of carbonyl (C=O) groups excluding carboxylic acids is 1. The van der Waals surface area contributed by atoms with E-state index in [4.69, 9.17) is 4.74 Å². The van der Waals surface area contributed by atoms with Crippen LogP contribution in [0.2, 0.25) is 0 Å². The molecule has 0 saturated carbocycles. The summed E-state index contributed by atoms with van der Waals surface area (Å²) in [7, 11) is 1.67. The molecule has 0 saturated heterocycles. The summed E-state index contributed by atoms with van der Waals surface area (Å²) in [6.45, 7) is 8.22. The van der Waals surface area contributed by atoms with Crippen molar-refractivity contribution in [3.05, 3.63) is 0 Å². The van der Waals surface area contributed by atoms with Gasteiger partial charge in [-0.3, -0.25) is 9.38 Å². The van der Waals surface area contributed by atoms with E-state index in [-0.39, 0.29) is 12.7 Å². The smallest absolute Gasteiger partial charge is 0.407 e. The molecule has 0 radical (unpaired) electrons. The van der Waals surface area contributed by atoms with Crippen molar-refractivity contribution in [2.24, 2.45) is 4.99 Å². The first-order valence-electron chi connectivity index (χ1n) is 8.32.